The van der Waals surface area contributed by atoms with Crippen molar-refractivity contribution in [3.63, 3.8) is 0 Å². The van der Waals surface area contributed by atoms with Crippen LogP contribution in [0.3, 0.4) is 0 Å². The second-order valence-electron chi connectivity index (χ2n) is 3.86. The monoisotopic (exact) mass is 260 g/mol. The van der Waals surface area contributed by atoms with Gasteiger partial charge >= 0.3 is 6.18 Å². The van der Waals surface area contributed by atoms with Crippen LogP contribution in [0, 0.1) is 0 Å². The molecule has 0 aromatic heterocycles. The van der Waals surface area contributed by atoms with E-state index in [0.717, 1.165) is 6.07 Å². The van der Waals surface area contributed by atoms with E-state index >= 15 is 0 Å². The molecule has 3 N–H and O–H groups in total. The molecule has 0 aliphatic carbocycles. The van der Waals surface area contributed by atoms with Crippen LogP contribution in [0.4, 0.5) is 13.2 Å². The van der Waals surface area contributed by atoms with Gasteiger partial charge in [-0.25, -0.2) is 0 Å². The highest BCUT2D eigenvalue weighted by atomic mass is 19.4. The van der Waals surface area contributed by atoms with E-state index in [1.807, 2.05) is 0 Å². The van der Waals surface area contributed by atoms with Gasteiger partial charge in [0.15, 0.2) is 0 Å². The van der Waals surface area contributed by atoms with Gasteiger partial charge in [-0.2, -0.15) is 13.2 Å². The van der Waals surface area contributed by atoms with Gasteiger partial charge in [0, 0.05) is 6.54 Å². The van der Waals surface area contributed by atoms with Gasteiger partial charge in [0.2, 0.25) is 0 Å². The summed E-state index contributed by atoms with van der Waals surface area (Å²) in [5.41, 5.74) is 4.73. The molecule has 0 heterocycles. The molecule has 1 atom stereocenters. The topological polar surface area (TPSA) is 55.1 Å². The summed E-state index contributed by atoms with van der Waals surface area (Å²) in [5.74, 6) is 0. The molecule has 6 heteroatoms. The number of carbonyl (C=O) groups is 1. The maximum absolute atomic E-state index is 12.7. The quantitative estimate of drug-likeness (QED) is 0.766. The van der Waals surface area contributed by atoms with Gasteiger partial charge in [-0.3, -0.25) is 0 Å². The average molecular weight is 260 g/mol. The molecular formula is C12H15F3N2O. The first-order valence-corrected chi connectivity index (χ1v) is 5.53. The van der Waals surface area contributed by atoms with Crippen molar-refractivity contribution in [2.45, 2.75) is 25.2 Å². The van der Waals surface area contributed by atoms with Crippen molar-refractivity contribution >= 4 is 6.29 Å². The van der Waals surface area contributed by atoms with Crippen LogP contribution in [0.25, 0.3) is 0 Å². The third kappa shape index (κ3) is 4.12. The first-order valence-electron chi connectivity index (χ1n) is 5.53. The summed E-state index contributed by atoms with van der Waals surface area (Å²) in [6, 6.07) is 4.76. The van der Waals surface area contributed by atoms with Gasteiger partial charge in [-0.1, -0.05) is 18.2 Å². The molecule has 0 amide bonds. The molecule has 0 saturated heterocycles. The minimum absolute atomic E-state index is 0.0148. The van der Waals surface area contributed by atoms with E-state index in [-0.39, 0.29) is 12.1 Å². The van der Waals surface area contributed by atoms with E-state index in [1.165, 1.54) is 18.2 Å². The molecule has 1 aromatic rings. The lowest BCUT2D eigenvalue weighted by Crippen LogP contribution is -2.32. The second kappa shape index (κ2) is 6.51. The van der Waals surface area contributed by atoms with Crippen LogP contribution in [0.15, 0.2) is 24.3 Å². The fourth-order valence-electron chi connectivity index (χ4n) is 1.59. The zero-order valence-electron chi connectivity index (χ0n) is 9.70. The Morgan fingerprint density at radius 2 is 2.00 bits per heavy atom. The van der Waals surface area contributed by atoms with Gasteiger partial charge in [-0.05, 0) is 24.6 Å². The predicted octanol–water partition coefficient (Wildman–Crippen LogP) is 1.71. The number of hydrogen-bond donors (Lipinski definition) is 2. The Bertz CT molecular complexity index is 393. The highest BCUT2D eigenvalue weighted by Crippen LogP contribution is 2.31. The Kier molecular flexibility index (Phi) is 5.30. The molecule has 100 valence electrons. The van der Waals surface area contributed by atoms with Crippen molar-refractivity contribution in [1.82, 2.24) is 5.32 Å². The Morgan fingerprint density at radius 3 is 2.56 bits per heavy atom. The van der Waals surface area contributed by atoms with Crippen molar-refractivity contribution in [3.05, 3.63) is 35.4 Å². The number of aldehydes is 1. The number of carbonyl (C=O) groups excluding carboxylic acids is 1. The second-order valence-corrected chi connectivity index (χ2v) is 3.86. The van der Waals surface area contributed by atoms with Crippen molar-refractivity contribution in [2.24, 2.45) is 5.73 Å². The Labute approximate surface area is 103 Å². The fraction of sp³-hybridized carbons (Fsp3) is 0.417. The number of halogens is 3. The normalized spacial score (nSPS) is 13.3. The van der Waals surface area contributed by atoms with Crippen molar-refractivity contribution in [1.29, 1.82) is 0 Å². The standard InChI is InChI=1S/C12H15F3N2O/c13-12(14,15)11-4-2-1-3-9(11)7-17-10(8-18)5-6-16/h1-4,8,10,17H,5-7,16H2/t10-/m0/s1. The molecule has 0 saturated carbocycles. The van der Waals surface area contributed by atoms with Crippen LogP contribution >= 0.6 is 0 Å². The van der Waals surface area contributed by atoms with Crippen LogP contribution in [0.2, 0.25) is 0 Å². The first-order chi connectivity index (χ1) is 8.49. The minimum Gasteiger partial charge on any atom is -0.330 e. The molecule has 0 aliphatic heterocycles. The molecule has 0 unspecified atom stereocenters. The van der Waals surface area contributed by atoms with Gasteiger partial charge in [0.25, 0.3) is 0 Å². The Morgan fingerprint density at radius 1 is 1.33 bits per heavy atom. The van der Waals surface area contributed by atoms with E-state index in [4.69, 9.17) is 5.73 Å². The van der Waals surface area contributed by atoms with Crippen LogP contribution < -0.4 is 11.1 Å². The summed E-state index contributed by atoms with van der Waals surface area (Å²) < 4.78 is 38.1. The van der Waals surface area contributed by atoms with Gasteiger partial charge in [-0.15, -0.1) is 0 Å². The molecule has 0 radical (unpaired) electrons. The first kappa shape index (κ1) is 14.7. The minimum atomic E-state index is -4.39. The van der Waals surface area contributed by atoms with Crippen molar-refractivity contribution in [3.8, 4) is 0 Å². The van der Waals surface area contributed by atoms with E-state index in [0.29, 0.717) is 19.3 Å². The lowest BCUT2D eigenvalue weighted by Gasteiger charge is -2.15. The summed E-state index contributed by atoms with van der Waals surface area (Å²) in [6.45, 7) is 0.288. The third-order valence-electron chi connectivity index (χ3n) is 2.52. The highest BCUT2D eigenvalue weighted by molar-refractivity contribution is 5.57. The Hall–Kier alpha value is -1.40. The van der Waals surface area contributed by atoms with Gasteiger partial charge in [0.1, 0.15) is 6.29 Å². The van der Waals surface area contributed by atoms with Crippen LogP contribution in [0.5, 0.6) is 0 Å². The van der Waals surface area contributed by atoms with Gasteiger partial charge in [0.05, 0.1) is 11.6 Å². The van der Waals surface area contributed by atoms with Gasteiger partial charge < -0.3 is 15.8 Å². The SMILES string of the molecule is NCC[C@@H](C=O)NCc1ccccc1C(F)(F)F. The van der Waals surface area contributed by atoms with Crippen LogP contribution in [0.1, 0.15) is 17.5 Å². The van der Waals surface area contributed by atoms with E-state index < -0.39 is 17.8 Å². The number of benzene rings is 1. The predicted molar refractivity (Wildman–Crippen MR) is 61.8 cm³/mol. The fourth-order valence-corrected chi connectivity index (χ4v) is 1.59. The number of nitrogens with one attached hydrogen (secondary N) is 1. The van der Waals surface area contributed by atoms with Crippen LogP contribution in [-0.4, -0.2) is 18.9 Å². The molecule has 0 aliphatic rings. The average Bonchev–Trinajstić information content (AvgIpc) is 2.33. The third-order valence-corrected chi connectivity index (χ3v) is 2.52. The van der Waals surface area contributed by atoms with Crippen molar-refractivity contribution < 1.29 is 18.0 Å². The largest absolute Gasteiger partial charge is 0.416 e. The maximum Gasteiger partial charge on any atom is 0.416 e. The zero-order valence-corrected chi connectivity index (χ0v) is 9.70. The molecule has 0 spiro atoms. The molecule has 18 heavy (non-hydrogen) atoms. The summed E-state index contributed by atoms with van der Waals surface area (Å²) in [6.07, 6.45) is -3.33. The van der Waals surface area contributed by atoms with Crippen LogP contribution in [-0.2, 0) is 17.5 Å². The summed E-state index contributed by atoms with van der Waals surface area (Å²) in [4.78, 5) is 10.7. The Balaban J connectivity index is 2.75. The maximum atomic E-state index is 12.7. The van der Waals surface area contributed by atoms with Crippen molar-refractivity contribution in [2.75, 3.05) is 6.54 Å². The lowest BCUT2D eigenvalue weighted by molar-refractivity contribution is -0.138. The molecule has 3 nitrogen and oxygen atoms in total. The van der Waals surface area contributed by atoms with E-state index in [1.54, 1.807) is 0 Å². The summed E-state index contributed by atoms with van der Waals surface area (Å²) in [5, 5.41) is 2.75. The molecule has 0 bridgehead atoms. The highest BCUT2D eigenvalue weighted by Gasteiger charge is 2.32. The molecule has 1 rings (SSSR count). The number of nitrogens with two attached hydrogens (primary N) is 1. The lowest BCUT2D eigenvalue weighted by atomic mass is 10.1. The van der Waals surface area contributed by atoms with E-state index in [9.17, 15) is 18.0 Å². The summed E-state index contributed by atoms with van der Waals surface area (Å²) >= 11 is 0. The molecular weight excluding hydrogens is 245 g/mol. The molecule has 0 fully saturated rings. The number of alkyl halides is 3. The number of hydrogen-bond acceptors (Lipinski definition) is 3. The zero-order chi connectivity index (χ0) is 13.6. The number of rotatable bonds is 6. The summed E-state index contributed by atoms with van der Waals surface area (Å²) in [7, 11) is 0. The van der Waals surface area contributed by atoms with E-state index in [2.05, 4.69) is 5.32 Å². The molecule has 1 aromatic carbocycles. The smallest absolute Gasteiger partial charge is 0.330 e.